The van der Waals surface area contributed by atoms with Gasteiger partial charge < -0.3 is 14.8 Å². The lowest BCUT2D eigenvalue weighted by Gasteiger charge is -2.15. The smallest absolute Gasteiger partial charge is 0.258 e. The molecule has 0 unspecified atom stereocenters. The van der Waals surface area contributed by atoms with Crippen LogP contribution in [0.15, 0.2) is 42.5 Å². The van der Waals surface area contributed by atoms with Gasteiger partial charge in [-0.15, -0.1) is 0 Å². The second-order valence-corrected chi connectivity index (χ2v) is 5.37. The van der Waals surface area contributed by atoms with Gasteiger partial charge in [-0.1, -0.05) is 23.7 Å². The molecule has 0 saturated heterocycles. The Labute approximate surface area is 139 Å². The van der Waals surface area contributed by atoms with Crippen LogP contribution in [0, 0.1) is 5.82 Å². The Hall–Kier alpha value is -2.27. The number of benzene rings is 2. The minimum absolute atomic E-state index is 0.149. The van der Waals surface area contributed by atoms with E-state index in [2.05, 4.69) is 5.32 Å². The number of hydrogen-bond acceptors (Lipinski definition) is 3. The number of halogens is 2. The maximum absolute atomic E-state index is 13.7. The van der Waals surface area contributed by atoms with Gasteiger partial charge >= 0.3 is 0 Å². The Bertz CT molecular complexity index is 693. The second kappa shape index (κ2) is 7.83. The average Bonchev–Trinajstić information content (AvgIpc) is 2.53. The van der Waals surface area contributed by atoms with Gasteiger partial charge in [0.15, 0.2) is 18.2 Å². The first-order valence-electron chi connectivity index (χ1n) is 7.00. The first kappa shape index (κ1) is 17.1. The lowest BCUT2D eigenvalue weighted by Crippen LogP contribution is -2.31. The molecule has 0 aliphatic heterocycles. The lowest BCUT2D eigenvalue weighted by atomic mass is 10.1. The van der Waals surface area contributed by atoms with Crippen LogP contribution < -0.4 is 14.8 Å². The van der Waals surface area contributed by atoms with Crippen LogP contribution in [0.1, 0.15) is 18.5 Å². The van der Waals surface area contributed by atoms with Crippen molar-refractivity contribution in [3.8, 4) is 11.5 Å². The maximum atomic E-state index is 13.7. The molecule has 2 aromatic rings. The first-order valence-corrected chi connectivity index (χ1v) is 7.38. The summed E-state index contributed by atoms with van der Waals surface area (Å²) in [5.74, 6) is -0.109. The Balaban J connectivity index is 1.90. The van der Waals surface area contributed by atoms with E-state index in [0.717, 1.165) is 0 Å². The molecule has 0 bridgehead atoms. The predicted octanol–water partition coefficient (Wildman–Crippen LogP) is 3.74. The van der Waals surface area contributed by atoms with Gasteiger partial charge in [0.05, 0.1) is 13.2 Å². The van der Waals surface area contributed by atoms with E-state index in [0.29, 0.717) is 16.3 Å². The summed E-state index contributed by atoms with van der Waals surface area (Å²) in [5, 5.41) is 3.27. The number of nitrogens with one attached hydrogen (secondary N) is 1. The van der Waals surface area contributed by atoms with Gasteiger partial charge in [0.1, 0.15) is 5.75 Å². The molecule has 1 N–H and O–H groups in total. The zero-order valence-corrected chi connectivity index (χ0v) is 13.6. The van der Waals surface area contributed by atoms with Crippen LogP contribution in [-0.2, 0) is 4.79 Å². The van der Waals surface area contributed by atoms with E-state index in [1.807, 2.05) is 0 Å². The Morgan fingerprint density at radius 3 is 2.74 bits per heavy atom. The number of rotatable bonds is 6. The number of ether oxygens (including phenoxy) is 2. The van der Waals surface area contributed by atoms with E-state index in [9.17, 15) is 9.18 Å². The van der Waals surface area contributed by atoms with Gasteiger partial charge in [-0.25, -0.2) is 4.39 Å². The monoisotopic (exact) mass is 337 g/mol. The third kappa shape index (κ3) is 4.86. The molecule has 0 heterocycles. The zero-order chi connectivity index (χ0) is 16.8. The summed E-state index contributed by atoms with van der Waals surface area (Å²) < 4.78 is 23.9. The predicted molar refractivity (Wildman–Crippen MR) is 86.5 cm³/mol. The number of carbonyl (C=O) groups excluding carboxylic acids is 1. The van der Waals surface area contributed by atoms with Crippen molar-refractivity contribution in [1.82, 2.24) is 5.32 Å². The van der Waals surface area contributed by atoms with E-state index in [4.69, 9.17) is 21.1 Å². The molecular formula is C17H17ClFNO3. The van der Waals surface area contributed by atoms with Crippen molar-refractivity contribution in [3.63, 3.8) is 0 Å². The van der Waals surface area contributed by atoms with E-state index in [1.165, 1.54) is 19.2 Å². The van der Waals surface area contributed by atoms with Gasteiger partial charge in [-0.05, 0) is 42.8 Å². The Morgan fingerprint density at radius 1 is 1.30 bits per heavy atom. The highest BCUT2D eigenvalue weighted by Crippen LogP contribution is 2.22. The highest BCUT2D eigenvalue weighted by molar-refractivity contribution is 6.30. The Morgan fingerprint density at radius 2 is 2.09 bits per heavy atom. The van der Waals surface area contributed by atoms with Crippen LogP contribution in [-0.4, -0.2) is 19.6 Å². The fourth-order valence-corrected chi connectivity index (χ4v) is 2.20. The molecule has 0 spiro atoms. The van der Waals surface area contributed by atoms with Crippen LogP contribution in [0.4, 0.5) is 4.39 Å². The van der Waals surface area contributed by atoms with Crippen molar-refractivity contribution in [2.75, 3.05) is 13.7 Å². The lowest BCUT2D eigenvalue weighted by molar-refractivity contribution is -0.123. The summed E-state index contributed by atoms with van der Waals surface area (Å²) in [6.45, 7) is 1.61. The van der Waals surface area contributed by atoms with Gasteiger partial charge in [-0.2, -0.15) is 0 Å². The molecule has 0 saturated carbocycles. The van der Waals surface area contributed by atoms with Crippen molar-refractivity contribution in [1.29, 1.82) is 0 Å². The molecule has 0 radical (unpaired) electrons. The summed E-state index contributed by atoms with van der Waals surface area (Å²) in [5.41, 5.74) is 0.638. The van der Waals surface area contributed by atoms with Crippen LogP contribution >= 0.6 is 11.6 Å². The summed E-state index contributed by atoms with van der Waals surface area (Å²) in [4.78, 5) is 11.9. The largest absolute Gasteiger partial charge is 0.494 e. The van der Waals surface area contributed by atoms with Crippen molar-refractivity contribution < 1.29 is 18.7 Å². The molecular weight excluding hydrogens is 321 g/mol. The topological polar surface area (TPSA) is 47.6 Å². The molecule has 2 rings (SSSR count). The molecule has 0 aliphatic carbocycles. The maximum Gasteiger partial charge on any atom is 0.258 e. The molecule has 122 valence electrons. The highest BCUT2D eigenvalue weighted by atomic mass is 35.5. The van der Waals surface area contributed by atoms with E-state index < -0.39 is 5.82 Å². The minimum atomic E-state index is -0.471. The quantitative estimate of drug-likeness (QED) is 0.873. The van der Waals surface area contributed by atoms with E-state index in [1.54, 1.807) is 37.3 Å². The fraction of sp³-hybridized carbons (Fsp3) is 0.235. The molecule has 1 atom stereocenters. The Kier molecular flexibility index (Phi) is 5.82. The van der Waals surface area contributed by atoms with E-state index in [-0.39, 0.29) is 24.3 Å². The molecule has 0 aromatic heterocycles. The van der Waals surface area contributed by atoms with Gasteiger partial charge in [-0.3, -0.25) is 4.79 Å². The molecule has 2 aromatic carbocycles. The summed E-state index contributed by atoms with van der Waals surface area (Å²) >= 11 is 5.84. The van der Waals surface area contributed by atoms with Crippen molar-refractivity contribution in [2.24, 2.45) is 0 Å². The zero-order valence-electron chi connectivity index (χ0n) is 12.8. The summed E-state index contributed by atoms with van der Waals surface area (Å²) in [7, 11) is 1.40. The van der Waals surface area contributed by atoms with Crippen molar-refractivity contribution in [2.45, 2.75) is 13.0 Å². The highest BCUT2D eigenvalue weighted by Gasteiger charge is 2.12. The fourth-order valence-electron chi connectivity index (χ4n) is 2.02. The SMILES string of the molecule is COc1ccc([C@H](C)NC(=O)COc2cccc(Cl)c2)cc1F. The summed E-state index contributed by atoms with van der Waals surface area (Å²) in [6, 6.07) is 11.0. The standard InChI is InChI=1S/C17H17ClFNO3/c1-11(12-6-7-16(22-2)15(19)8-12)20-17(21)10-23-14-5-3-4-13(18)9-14/h3-9,11H,10H2,1-2H3,(H,20,21)/t11-/m0/s1. The average molecular weight is 338 g/mol. The second-order valence-electron chi connectivity index (χ2n) is 4.93. The van der Waals surface area contributed by atoms with Crippen LogP contribution in [0.2, 0.25) is 5.02 Å². The molecule has 23 heavy (non-hydrogen) atoms. The van der Waals surface area contributed by atoms with Gasteiger partial charge in [0.25, 0.3) is 5.91 Å². The van der Waals surface area contributed by atoms with Crippen molar-refractivity contribution in [3.05, 3.63) is 58.9 Å². The minimum Gasteiger partial charge on any atom is -0.494 e. The van der Waals surface area contributed by atoms with Crippen LogP contribution in [0.3, 0.4) is 0 Å². The molecule has 6 heteroatoms. The van der Waals surface area contributed by atoms with Crippen LogP contribution in [0.25, 0.3) is 0 Å². The molecule has 1 amide bonds. The first-order chi connectivity index (χ1) is 11.0. The summed E-state index contributed by atoms with van der Waals surface area (Å²) in [6.07, 6.45) is 0. The third-order valence-corrected chi connectivity index (χ3v) is 3.45. The normalized spacial score (nSPS) is 11.7. The number of amides is 1. The molecule has 0 fully saturated rings. The van der Waals surface area contributed by atoms with Gasteiger partial charge in [0.2, 0.25) is 0 Å². The van der Waals surface area contributed by atoms with Gasteiger partial charge in [0, 0.05) is 5.02 Å². The van der Waals surface area contributed by atoms with Crippen LogP contribution in [0.5, 0.6) is 11.5 Å². The van der Waals surface area contributed by atoms with Crippen molar-refractivity contribution >= 4 is 17.5 Å². The number of carbonyl (C=O) groups is 1. The third-order valence-electron chi connectivity index (χ3n) is 3.22. The number of hydrogen-bond donors (Lipinski definition) is 1. The van der Waals surface area contributed by atoms with E-state index >= 15 is 0 Å². The number of methoxy groups -OCH3 is 1. The molecule has 4 nitrogen and oxygen atoms in total. The molecule has 0 aliphatic rings.